The molecule has 1 aromatic carbocycles. The molecule has 1 atom stereocenters. The largest absolute Gasteiger partial charge is 0.388 e. The minimum absolute atomic E-state index is 0.361. The van der Waals surface area contributed by atoms with Gasteiger partial charge in [-0.25, -0.2) is 0 Å². The molecule has 1 nitrogen and oxygen atoms in total. The lowest BCUT2D eigenvalue weighted by Gasteiger charge is -2.11. The first-order valence-electron chi connectivity index (χ1n) is 6.67. The maximum Gasteiger partial charge on any atom is 0.0790 e. The molecule has 0 aliphatic carbocycles. The zero-order chi connectivity index (χ0) is 12.5. The van der Waals surface area contributed by atoms with Gasteiger partial charge in [-0.1, -0.05) is 69.2 Å². The van der Waals surface area contributed by atoms with Gasteiger partial charge in [0.05, 0.1) is 6.10 Å². The van der Waals surface area contributed by atoms with Crippen molar-refractivity contribution < 1.29 is 5.11 Å². The summed E-state index contributed by atoms with van der Waals surface area (Å²) in [5, 5.41) is 10.7. The summed E-state index contributed by atoms with van der Waals surface area (Å²) < 4.78 is 0. The molecule has 0 fully saturated rings. The first-order valence-corrected chi connectivity index (χ1v) is 7.05. The molecule has 0 amide bonds. The van der Waals surface area contributed by atoms with E-state index in [1.807, 2.05) is 24.3 Å². The Bertz CT molecular complexity index is 312. The van der Waals surface area contributed by atoms with Crippen molar-refractivity contribution in [3.63, 3.8) is 0 Å². The molecule has 1 N–H and O–H groups in total. The van der Waals surface area contributed by atoms with Gasteiger partial charge in [-0.15, -0.1) is 0 Å². The Hall–Kier alpha value is -0.530. The monoisotopic (exact) mass is 254 g/mol. The first kappa shape index (κ1) is 14.5. The van der Waals surface area contributed by atoms with E-state index in [0.29, 0.717) is 5.02 Å². The van der Waals surface area contributed by atoms with Crippen LogP contribution in [0.1, 0.15) is 63.5 Å². The van der Waals surface area contributed by atoms with E-state index >= 15 is 0 Å². The summed E-state index contributed by atoms with van der Waals surface area (Å²) in [7, 11) is 0. The van der Waals surface area contributed by atoms with E-state index in [4.69, 9.17) is 11.6 Å². The summed E-state index contributed by atoms with van der Waals surface area (Å²) in [6.07, 6.45) is 8.02. The van der Waals surface area contributed by atoms with Crippen LogP contribution >= 0.6 is 11.6 Å². The zero-order valence-corrected chi connectivity index (χ0v) is 11.4. The number of unbranched alkanes of at least 4 members (excludes halogenated alkanes) is 5. The predicted molar refractivity (Wildman–Crippen MR) is 74.4 cm³/mol. The maximum atomic E-state index is 9.99. The number of aliphatic hydroxyl groups excluding tert-OH is 1. The summed E-state index contributed by atoms with van der Waals surface area (Å²) in [6, 6.07) is 7.52. The highest BCUT2D eigenvalue weighted by atomic mass is 35.5. The fraction of sp³-hybridized carbons (Fsp3) is 0.600. The van der Waals surface area contributed by atoms with Crippen molar-refractivity contribution in [2.45, 2.75) is 58.0 Å². The van der Waals surface area contributed by atoms with E-state index in [-0.39, 0.29) is 6.10 Å². The van der Waals surface area contributed by atoms with Gasteiger partial charge in [-0.2, -0.15) is 0 Å². The molecule has 17 heavy (non-hydrogen) atoms. The smallest absolute Gasteiger partial charge is 0.0790 e. The molecule has 0 spiro atoms. The van der Waals surface area contributed by atoms with Crippen LogP contribution in [0.5, 0.6) is 0 Å². The highest BCUT2D eigenvalue weighted by Crippen LogP contribution is 2.22. The van der Waals surface area contributed by atoms with Gasteiger partial charge in [0.25, 0.3) is 0 Å². The van der Waals surface area contributed by atoms with Crippen LogP contribution in [0.3, 0.4) is 0 Å². The topological polar surface area (TPSA) is 20.2 Å². The van der Waals surface area contributed by atoms with Crippen molar-refractivity contribution in [2.75, 3.05) is 0 Å². The second-order valence-corrected chi connectivity index (χ2v) is 5.06. The third-order valence-corrected chi connectivity index (χ3v) is 3.30. The molecule has 0 aromatic heterocycles. The van der Waals surface area contributed by atoms with Gasteiger partial charge in [-0.3, -0.25) is 0 Å². The Labute approximate surface area is 110 Å². The minimum Gasteiger partial charge on any atom is -0.388 e. The van der Waals surface area contributed by atoms with Gasteiger partial charge in [-0.05, 0) is 24.1 Å². The van der Waals surface area contributed by atoms with Gasteiger partial charge >= 0.3 is 0 Å². The molecule has 0 aliphatic heterocycles. The van der Waals surface area contributed by atoms with Gasteiger partial charge in [0, 0.05) is 5.02 Å². The molecule has 1 rings (SSSR count). The summed E-state index contributed by atoms with van der Waals surface area (Å²) >= 11 is 5.90. The number of halogens is 1. The molecule has 0 radical (unpaired) electrons. The second-order valence-electron chi connectivity index (χ2n) is 4.63. The third-order valence-electron chi connectivity index (χ3n) is 3.06. The number of benzene rings is 1. The highest BCUT2D eigenvalue weighted by Gasteiger charge is 2.07. The molecule has 1 unspecified atom stereocenters. The fourth-order valence-corrected chi connectivity index (χ4v) is 2.20. The van der Waals surface area contributed by atoms with E-state index < -0.39 is 0 Å². The van der Waals surface area contributed by atoms with Crippen LogP contribution < -0.4 is 0 Å². The van der Waals surface area contributed by atoms with E-state index in [0.717, 1.165) is 18.4 Å². The van der Waals surface area contributed by atoms with Crippen molar-refractivity contribution in [2.24, 2.45) is 0 Å². The van der Waals surface area contributed by atoms with Crippen LogP contribution in [0, 0.1) is 0 Å². The molecule has 0 saturated carbocycles. The molecule has 0 heterocycles. The lowest BCUT2D eigenvalue weighted by molar-refractivity contribution is 0.163. The second kappa shape index (κ2) is 8.54. The Morgan fingerprint density at radius 3 is 2.53 bits per heavy atom. The molecule has 0 bridgehead atoms. The summed E-state index contributed by atoms with van der Waals surface area (Å²) in [5.41, 5.74) is 0.936. The highest BCUT2D eigenvalue weighted by molar-refractivity contribution is 6.30. The Kier molecular flexibility index (Phi) is 7.30. The van der Waals surface area contributed by atoms with E-state index in [2.05, 4.69) is 6.92 Å². The van der Waals surface area contributed by atoms with E-state index in [1.165, 1.54) is 32.1 Å². The number of aliphatic hydroxyl groups is 1. The summed E-state index contributed by atoms with van der Waals surface area (Å²) in [5.74, 6) is 0. The standard InChI is InChI=1S/C15H23ClO/c1-2-3-4-5-6-7-11-15(17)13-9-8-10-14(16)12-13/h8-10,12,15,17H,2-7,11H2,1H3. The molecule has 0 aliphatic rings. The number of hydrogen-bond donors (Lipinski definition) is 1. The molecule has 2 heteroatoms. The van der Waals surface area contributed by atoms with Gasteiger partial charge in [0.2, 0.25) is 0 Å². The lowest BCUT2D eigenvalue weighted by Crippen LogP contribution is -1.97. The minimum atomic E-state index is -0.361. The average molecular weight is 255 g/mol. The third kappa shape index (κ3) is 6.09. The maximum absolute atomic E-state index is 9.99. The lowest BCUT2D eigenvalue weighted by atomic mass is 10.0. The van der Waals surface area contributed by atoms with Crippen LogP contribution in [0.25, 0.3) is 0 Å². The van der Waals surface area contributed by atoms with Crippen LogP contribution in [0.2, 0.25) is 5.02 Å². The van der Waals surface area contributed by atoms with E-state index in [1.54, 1.807) is 0 Å². The van der Waals surface area contributed by atoms with Crippen molar-refractivity contribution in [1.29, 1.82) is 0 Å². The normalized spacial score (nSPS) is 12.6. The van der Waals surface area contributed by atoms with Crippen LogP contribution in [0.15, 0.2) is 24.3 Å². The molecule has 96 valence electrons. The van der Waals surface area contributed by atoms with Crippen LogP contribution in [0.4, 0.5) is 0 Å². The van der Waals surface area contributed by atoms with Crippen molar-refractivity contribution >= 4 is 11.6 Å². The van der Waals surface area contributed by atoms with E-state index in [9.17, 15) is 5.11 Å². The van der Waals surface area contributed by atoms with Gasteiger partial charge in [0.1, 0.15) is 0 Å². The Morgan fingerprint density at radius 2 is 1.82 bits per heavy atom. The van der Waals surface area contributed by atoms with Gasteiger partial charge in [0.15, 0.2) is 0 Å². The van der Waals surface area contributed by atoms with Crippen molar-refractivity contribution in [3.05, 3.63) is 34.9 Å². The molecule has 0 saturated heterocycles. The molecular formula is C15H23ClO. The summed E-state index contributed by atoms with van der Waals surface area (Å²) in [4.78, 5) is 0. The zero-order valence-electron chi connectivity index (χ0n) is 10.7. The fourth-order valence-electron chi connectivity index (χ4n) is 2.00. The van der Waals surface area contributed by atoms with Crippen molar-refractivity contribution in [1.82, 2.24) is 0 Å². The predicted octanol–water partition coefficient (Wildman–Crippen LogP) is 5.12. The number of hydrogen-bond acceptors (Lipinski definition) is 1. The average Bonchev–Trinajstić information content (AvgIpc) is 2.33. The molecular weight excluding hydrogens is 232 g/mol. The van der Waals surface area contributed by atoms with Gasteiger partial charge < -0.3 is 5.11 Å². The SMILES string of the molecule is CCCCCCCCC(O)c1cccc(Cl)c1. The first-order chi connectivity index (χ1) is 8.24. The van der Waals surface area contributed by atoms with Crippen LogP contribution in [-0.2, 0) is 0 Å². The summed E-state index contributed by atoms with van der Waals surface area (Å²) in [6.45, 7) is 2.23. The Morgan fingerprint density at radius 1 is 1.12 bits per heavy atom. The Balaban J connectivity index is 2.19. The quantitative estimate of drug-likeness (QED) is 0.638. The van der Waals surface area contributed by atoms with Crippen LogP contribution in [-0.4, -0.2) is 5.11 Å². The van der Waals surface area contributed by atoms with Crippen molar-refractivity contribution in [3.8, 4) is 0 Å². The molecule has 1 aromatic rings. The number of rotatable bonds is 8.